The zero-order valence-corrected chi connectivity index (χ0v) is 8.48. The van der Waals surface area contributed by atoms with E-state index in [1.54, 1.807) is 0 Å². The molecule has 3 nitrogen and oxygen atoms in total. The lowest BCUT2D eigenvalue weighted by Crippen LogP contribution is -1.86. The van der Waals surface area contributed by atoms with E-state index in [1.165, 1.54) is 0 Å². The van der Waals surface area contributed by atoms with Crippen molar-refractivity contribution in [1.29, 1.82) is 0 Å². The minimum atomic E-state index is 0. The second-order valence-electron chi connectivity index (χ2n) is 3.25. The number of benzene rings is 2. The maximum atomic E-state index is 5.70. The second kappa shape index (κ2) is 4.48. The lowest BCUT2D eigenvalue weighted by Gasteiger charge is -2.02. The first-order chi connectivity index (χ1) is 6.75. The molecule has 7 N–H and O–H groups in total. The van der Waals surface area contributed by atoms with Crippen LogP contribution >= 0.6 is 0 Å². The molecule has 3 heteroatoms. The number of nitrogens with two attached hydrogens (primary N) is 2. The van der Waals surface area contributed by atoms with Gasteiger partial charge in [-0.15, -0.1) is 0 Å². The Balaban J connectivity index is 0.00000112. The Kier molecular flexibility index (Phi) is 3.31. The summed E-state index contributed by atoms with van der Waals surface area (Å²) < 4.78 is 0. The highest BCUT2D eigenvalue weighted by Crippen LogP contribution is 2.22. The number of nitrogen functional groups attached to an aromatic ring is 2. The number of hydrogen-bond donors (Lipinski definition) is 3. The molecule has 0 aliphatic heterocycles. The molecule has 0 aliphatic rings. The quantitative estimate of drug-likeness (QED) is 0.620. The zero-order valence-electron chi connectivity index (χ0n) is 8.48. The molecule has 0 aromatic heterocycles. The van der Waals surface area contributed by atoms with Crippen LogP contribution in [0, 0.1) is 0 Å². The van der Waals surface area contributed by atoms with Crippen molar-refractivity contribution < 1.29 is 0 Å². The Morgan fingerprint density at radius 3 is 1.93 bits per heavy atom. The summed E-state index contributed by atoms with van der Waals surface area (Å²) in [6, 6.07) is 15.6. The summed E-state index contributed by atoms with van der Waals surface area (Å²) in [7, 11) is 0. The van der Waals surface area contributed by atoms with Crippen LogP contribution in [0.3, 0.4) is 0 Å². The predicted molar refractivity (Wildman–Crippen MR) is 65.7 cm³/mol. The molecule has 2 aromatic carbocycles. The monoisotopic (exact) mass is 201 g/mol. The molecule has 0 aliphatic carbocycles. The Hall–Kier alpha value is -2.00. The molecule has 2 rings (SSSR count). The van der Waals surface area contributed by atoms with Crippen molar-refractivity contribution in [2.24, 2.45) is 0 Å². The average Bonchev–Trinajstić information content (AvgIpc) is 2.19. The highest BCUT2D eigenvalue weighted by atomic mass is 14.5. The van der Waals surface area contributed by atoms with Gasteiger partial charge < -0.3 is 17.6 Å². The summed E-state index contributed by atoms with van der Waals surface area (Å²) in [5.41, 5.74) is 15.1. The molecule has 0 atom stereocenters. The molecule has 0 bridgehead atoms. The molecule has 78 valence electrons. The van der Waals surface area contributed by atoms with Crippen molar-refractivity contribution in [3.8, 4) is 11.1 Å². The summed E-state index contributed by atoms with van der Waals surface area (Å²) >= 11 is 0. The standard InChI is InChI=1S/C12H12N2.H3N/c13-11-6-4-9(5-7-11)10-2-1-3-12(14)8-10;/h1-8H,13-14H2;1H3. The van der Waals surface area contributed by atoms with Gasteiger partial charge in [-0.3, -0.25) is 0 Å². The zero-order chi connectivity index (χ0) is 9.97. The van der Waals surface area contributed by atoms with Crippen LogP contribution in [0.15, 0.2) is 48.5 Å². The van der Waals surface area contributed by atoms with Gasteiger partial charge in [-0.2, -0.15) is 0 Å². The third-order valence-corrected chi connectivity index (χ3v) is 2.13. The Morgan fingerprint density at radius 1 is 0.667 bits per heavy atom. The normalized spacial score (nSPS) is 9.33. The molecule has 0 unspecified atom stereocenters. The van der Waals surface area contributed by atoms with Gasteiger partial charge in [0.2, 0.25) is 0 Å². The fourth-order valence-electron chi connectivity index (χ4n) is 1.39. The van der Waals surface area contributed by atoms with Crippen molar-refractivity contribution >= 4 is 11.4 Å². The van der Waals surface area contributed by atoms with E-state index < -0.39 is 0 Å². The van der Waals surface area contributed by atoms with E-state index in [0.29, 0.717) is 0 Å². The molecule has 0 spiro atoms. The van der Waals surface area contributed by atoms with E-state index in [4.69, 9.17) is 11.5 Å². The van der Waals surface area contributed by atoms with Gasteiger partial charge >= 0.3 is 0 Å². The first-order valence-electron chi connectivity index (χ1n) is 4.47. The van der Waals surface area contributed by atoms with Gasteiger partial charge in [-0.25, -0.2) is 0 Å². The largest absolute Gasteiger partial charge is 0.399 e. The van der Waals surface area contributed by atoms with E-state index in [-0.39, 0.29) is 6.15 Å². The van der Waals surface area contributed by atoms with Gasteiger partial charge in [0.05, 0.1) is 0 Å². The van der Waals surface area contributed by atoms with Crippen molar-refractivity contribution in [3.05, 3.63) is 48.5 Å². The van der Waals surface area contributed by atoms with Crippen LogP contribution in [0.25, 0.3) is 11.1 Å². The highest BCUT2D eigenvalue weighted by Gasteiger charge is 1.96. The van der Waals surface area contributed by atoms with Crippen molar-refractivity contribution in [3.63, 3.8) is 0 Å². The van der Waals surface area contributed by atoms with Gasteiger partial charge in [0.15, 0.2) is 0 Å². The van der Waals surface area contributed by atoms with Crippen LogP contribution < -0.4 is 17.6 Å². The Morgan fingerprint density at radius 2 is 1.33 bits per heavy atom. The molecule has 0 heterocycles. The lowest BCUT2D eigenvalue weighted by atomic mass is 10.1. The fourth-order valence-corrected chi connectivity index (χ4v) is 1.39. The number of hydrogen-bond acceptors (Lipinski definition) is 3. The number of anilines is 2. The molecular formula is C12H15N3. The van der Waals surface area contributed by atoms with E-state index in [9.17, 15) is 0 Å². The van der Waals surface area contributed by atoms with E-state index in [2.05, 4.69) is 0 Å². The maximum absolute atomic E-state index is 5.70. The topological polar surface area (TPSA) is 87.0 Å². The van der Waals surface area contributed by atoms with Crippen LogP contribution in [-0.4, -0.2) is 0 Å². The van der Waals surface area contributed by atoms with Gasteiger partial charge in [0.1, 0.15) is 0 Å². The molecule has 0 radical (unpaired) electrons. The van der Waals surface area contributed by atoms with Crippen molar-refractivity contribution in [2.45, 2.75) is 0 Å². The first-order valence-corrected chi connectivity index (χ1v) is 4.47. The van der Waals surface area contributed by atoms with Crippen molar-refractivity contribution in [2.75, 3.05) is 11.5 Å². The summed E-state index contributed by atoms with van der Waals surface area (Å²) in [6.07, 6.45) is 0. The van der Waals surface area contributed by atoms with Gasteiger partial charge in [0, 0.05) is 11.4 Å². The smallest absolute Gasteiger partial charge is 0.0320 e. The van der Waals surface area contributed by atoms with Crippen LogP contribution in [0.1, 0.15) is 0 Å². The lowest BCUT2D eigenvalue weighted by molar-refractivity contribution is 1.61. The molecule has 0 fully saturated rings. The van der Waals surface area contributed by atoms with Gasteiger partial charge in [-0.1, -0.05) is 24.3 Å². The SMILES string of the molecule is N.Nc1ccc(-c2cccc(N)c2)cc1. The summed E-state index contributed by atoms with van der Waals surface area (Å²) in [6.45, 7) is 0. The number of rotatable bonds is 1. The molecule has 15 heavy (non-hydrogen) atoms. The van der Waals surface area contributed by atoms with E-state index in [0.717, 1.165) is 22.5 Å². The molecule has 2 aromatic rings. The second-order valence-corrected chi connectivity index (χ2v) is 3.25. The molecule has 0 amide bonds. The predicted octanol–water partition coefficient (Wildman–Crippen LogP) is 2.68. The minimum Gasteiger partial charge on any atom is -0.399 e. The van der Waals surface area contributed by atoms with Crippen molar-refractivity contribution in [1.82, 2.24) is 6.15 Å². The van der Waals surface area contributed by atoms with Gasteiger partial charge in [0.25, 0.3) is 0 Å². The van der Waals surface area contributed by atoms with E-state index >= 15 is 0 Å². The van der Waals surface area contributed by atoms with Crippen LogP contribution in [0.5, 0.6) is 0 Å². The summed E-state index contributed by atoms with van der Waals surface area (Å²) in [5, 5.41) is 0. The summed E-state index contributed by atoms with van der Waals surface area (Å²) in [5.74, 6) is 0. The van der Waals surface area contributed by atoms with Gasteiger partial charge in [-0.05, 0) is 35.4 Å². The Labute approximate surface area is 89.3 Å². The Bertz CT molecular complexity index is 435. The molecular weight excluding hydrogens is 186 g/mol. The maximum Gasteiger partial charge on any atom is 0.0320 e. The third kappa shape index (κ3) is 2.48. The average molecular weight is 201 g/mol. The first kappa shape index (κ1) is 11.1. The van der Waals surface area contributed by atoms with Crippen LogP contribution in [0.2, 0.25) is 0 Å². The fraction of sp³-hybridized carbons (Fsp3) is 0. The van der Waals surface area contributed by atoms with E-state index in [1.807, 2.05) is 48.5 Å². The minimum absolute atomic E-state index is 0. The highest BCUT2D eigenvalue weighted by molar-refractivity contribution is 5.68. The molecule has 0 saturated heterocycles. The van der Waals surface area contributed by atoms with Crippen LogP contribution in [-0.2, 0) is 0 Å². The third-order valence-electron chi connectivity index (χ3n) is 2.13. The molecule has 0 saturated carbocycles. The van der Waals surface area contributed by atoms with Crippen LogP contribution in [0.4, 0.5) is 11.4 Å². The summed E-state index contributed by atoms with van der Waals surface area (Å²) in [4.78, 5) is 0.